The molecule has 0 radical (unpaired) electrons. The summed E-state index contributed by atoms with van der Waals surface area (Å²) >= 11 is 12.3. The molecule has 1 N–H and O–H groups in total. The second-order valence-corrected chi connectivity index (χ2v) is 7.70. The molecule has 2 aromatic carbocycles. The molecule has 2 aliphatic rings. The average molecular weight is 418 g/mol. The molecule has 2 unspecified atom stereocenters. The summed E-state index contributed by atoms with van der Waals surface area (Å²) in [4.78, 5) is 14.7. The van der Waals surface area contributed by atoms with Gasteiger partial charge < -0.3 is 14.6 Å². The van der Waals surface area contributed by atoms with E-state index in [1.807, 2.05) is 66.8 Å². The monoisotopic (exact) mass is 417 g/mol. The van der Waals surface area contributed by atoms with Gasteiger partial charge in [0.1, 0.15) is 11.8 Å². The Balaban J connectivity index is 1.46. The number of hydrazine groups is 1. The van der Waals surface area contributed by atoms with E-state index in [2.05, 4.69) is 5.43 Å². The first-order chi connectivity index (χ1) is 13.5. The van der Waals surface area contributed by atoms with Crippen molar-refractivity contribution in [3.63, 3.8) is 0 Å². The van der Waals surface area contributed by atoms with Crippen molar-refractivity contribution >= 4 is 29.1 Å². The number of hydrogen-bond acceptors (Lipinski definition) is 4. The first kappa shape index (κ1) is 19.1. The molecule has 2 aliphatic heterocycles. The molecule has 1 saturated heterocycles. The van der Waals surface area contributed by atoms with E-state index in [-0.39, 0.29) is 18.0 Å². The van der Waals surface area contributed by atoms with Gasteiger partial charge in [-0.05, 0) is 48.7 Å². The molecule has 5 nitrogen and oxygen atoms in total. The van der Waals surface area contributed by atoms with Crippen molar-refractivity contribution < 1.29 is 9.53 Å². The number of halogens is 2. The summed E-state index contributed by atoms with van der Waals surface area (Å²) in [7, 11) is 0. The van der Waals surface area contributed by atoms with Crippen molar-refractivity contribution in [2.75, 3.05) is 6.61 Å². The van der Waals surface area contributed by atoms with Crippen molar-refractivity contribution in [3.05, 3.63) is 76.0 Å². The maximum atomic E-state index is 13.0. The first-order valence-corrected chi connectivity index (χ1v) is 10.0. The second kappa shape index (κ2) is 8.03. The van der Waals surface area contributed by atoms with Crippen LogP contribution in [0, 0.1) is 0 Å². The van der Waals surface area contributed by atoms with Gasteiger partial charge in [-0.2, -0.15) is 0 Å². The molecule has 2 atom stereocenters. The molecule has 4 rings (SSSR count). The smallest absolute Gasteiger partial charge is 0.251 e. The molecular weight excluding hydrogens is 397 g/mol. The van der Waals surface area contributed by atoms with Crippen LogP contribution >= 0.6 is 23.2 Å². The molecule has 1 fully saturated rings. The van der Waals surface area contributed by atoms with Crippen molar-refractivity contribution in [1.29, 1.82) is 0 Å². The number of ether oxygens (including phenoxy) is 1. The third kappa shape index (κ3) is 3.83. The lowest BCUT2D eigenvalue weighted by Crippen LogP contribution is -2.47. The zero-order valence-electron chi connectivity index (χ0n) is 15.4. The molecule has 0 aromatic heterocycles. The van der Waals surface area contributed by atoms with Gasteiger partial charge in [0, 0.05) is 17.4 Å². The van der Waals surface area contributed by atoms with Crippen LogP contribution in [0.4, 0.5) is 0 Å². The van der Waals surface area contributed by atoms with Crippen molar-refractivity contribution in [1.82, 2.24) is 15.3 Å². The summed E-state index contributed by atoms with van der Waals surface area (Å²) in [5, 5.41) is 3.15. The van der Waals surface area contributed by atoms with Crippen LogP contribution in [0.3, 0.4) is 0 Å². The standard InChI is InChI=1S/C21H21Cl2N3O2/c1-2-28-20-8-5-15(11-17(20)23)18-12-19-21(27)25(9-10-26(19)24-18)13-14-3-6-16(22)7-4-14/h3-11,18-19,24H,2,12-13H2,1H3. The minimum atomic E-state index is -0.243. The van der Waals surface area contributed by atoms with E-state index >= 15 is 0 Å². The number of rotatable bonds is 5. The van der Waals surface area contributed by atoms with Gasteiger partial charge in [0.25, 0.3) is 5.91 Å². The van der Waals surface area contributed by atoms with Crippen molar-refractivity contribution in [2.45, 2.75) is 32.0 Å². The van der Waals surface area contributed by atoms with Gasteiger partial charge in [-0.25, -0.2) is 5.43 Å². The predicted octanol–water partition coefficient (Wildman–Crippen LogP) is 4.53. The van der Waals surface area contributed by atoms with E-state index in [0.717, 1.165) is 11.1 Å². The molecule has 0 saturated carbocycles. The Hall–Kier alpha value is -2.21. The first-order valence-electron chi connectivity index (χ1n) is 9.25. The highest BCUT2D eigenvalue weighted by atomic mass is 35.5. The van der Waals surface area contributed by atoms with E-state index < -0.39 is 0 Å². The summed E-state index contributed by atoms with van der Waals surface area (Å²) in [5.41, 5.74) is 5.47. The van der Waals surface area contributed by atoms with E-state index in [4.69, 9.17) is 27.9 Å². The summed E-state index contributed by atoms with van der Waals surface area (Å²) in [5.74, 6) is 0.748. The van der Waals surface area contributed by atoms with Crippen LogP contribution in [-0.2, 0) is 11.3 Å². The van der Waals surface area contributed by atoms with Gasteiger partial charge in [-0.1, -0.05) is 41.4 Å². The Morgan fingerprint density at radius 1 is 1.14 bits per heavy atom. The molecule has 0 bridgehead atoms. The molecule has 2 heterocycles. The van der Waals surface area contributed by atoms with Gasteiger partial charge in [-0.3, -0.25) is 4.79 Å². The molecule has 0 spiro atoms. The zero-order chi connectivity index (χ0) is 19.7. The Kier molecular flexibility index (Phi) is 5.49. The van der Waals surface area contributed by atoms with Crippen LogP contribution in [0.2, 0.25) is 10.0 Å². The lowest BCUT2D eigenvalue weighted by atomic mass is 10.0. The molecular formula is C21H21Cl2N3O2. The third-order valence-electron chi connectivity index (χ3n) is 5.00. The van der Waals surface area contributed by atoms with Crippen LogP contribution in [0.25, 0.3) is 0 Å². The number of carbonyl (C=O) groups is 1. The number of nitrogens with one attached hydrogen (secondary N) is 1. The lowest BCUT2D eigenvalue weighted by Gasteiger charge is -2.31. The van der Waals surface area contributed by atoms with Crippen LogP contribution in [-0.4, -0.2) is 28.5 Å². The highest BCUT2D eigenvalue weighted by molar-refractivity contribution is 6.32. The Morgan fingerprint density at radius 3 is 2.64 bits per heavy atom. The summed E-state index contributed by atoms with van der Waals surface area (Å²) in [6.45, 7) is 3.02. The summed E-state index contributed by atoms with van der Waals surface area (Å²) in [6.07, 6.45) is 4.40. The zero-order valence-corrected chi connectivity index (χ0v) is 17.0. The predicted molar refractivity (Wildman–Crippen MR) is 110 cm³/mol. The summed E-state index contributed by atoms with van der Waals surface area (Å²) in [6, 6.07) is 13.1. The minimum Gasteiger partial charge on any atom is -0.492 e. The molecule has 1 amide bonds. The van der Waals surface area contributed by atoms with E-state index in [1.165, 1.54) is 0 Å². The molecule has 146 valence electrons. The second-order valence-electron chi connectivity index (χ2n) is 6.85. The maximum Gasteiger partial charge on any atom is 0.251 e. The molecule has 2 aromatic rings. The van der Waals surface area contributed by atoms with Crippen LogP contribution in [0.15, 0.2) is 54.9 Å². The van der Waals surface area contributed by atoms with Crippen molar-refractivity contribution in [3.8, 4) is 5.75 Å². The highest BCUT2D eigenvalue weighted by Crippen LogP contribution is 2.34. The van der Waals surface area contributed by atoms with Gasteiger partial charge in [0.2, 0.25) is 0 Å². The highest BCUT2D eigenvalue weighted by Gasteiger charge is 2.40. The van der Waals surface area contributed by atoms with E-state index in [0.29, 0.717) is 35.4 Å². The van der Waals surface area contributed by atoms with E-state index in [1.54, 1.807) is 4.90 Å². The summed E-state index contributed by atoms with van der Waals surface area (Å²) < 4.78 is 5.50. The normalized spacial score (nSPS) is 21.2. The number of amides is 1. The minimum absolute atomic E-state index is 0.0160. The Morgan fingerprint density at radius 2 is 1.93 bits per heavy atom. The van der Waals surface area contributed by atoms with Crippen molar-refractivity contribution in [2.24, 2.45) is 0 Å². The number of hydrogen-bond donors (Lipinski definition) is 1. The molecule has 7 heteroatoms. The molecule has 28 heavy (non-hydrogen) atoms. The van der Waals surface area contributed by atoms with Crippen LogP contribution in [0.1, 0.15) is 30.5 Å². The number of carbonyl (C=O) groups excluding carboxylic acids is 1. The van der Waals surface area contributed by atoms with E-state index in [9.17, 15) is 4.79 Å². The lowest BCUT2D eigenvalue weighted by molar-refractivity contribution is -0.134. The van der Waals surface area contributed by atoms with Gasteiger partial charge in [-0.15, -0.1) is 0 Å². The van der Waals surface area contributed by atoms with Gasteiger partial charge >= 0.3 is 0 Å². The Bertz CT molecular complexity index is 901. The topological polar surface area (TPSA) is 44.8 Å². The fourth-order valence-electron chi connectivity index (χ4n) is 3.58. The number of fused-ring (bicyclic) bond motifs is 1. The van der Waals surface area contributed by atoms with Crippen LogP contribution < -0.4 is 10.2 Å². The largest absolute Gasteiger partial charge is 0.492 e. The van der Waals surface area contributed by atoms with Crippen LogP contribution in [0.5, 0.6) is 5.75 Å². The third-order valence-corrected chi connectivity index (χ3v) is 5.55. The number of nitrogens with zero attached hydrogens (tertiary/aromatic N) is 2. The maximum absolute atomic E-state index is 13.0. The molecule has 0 aliphatic carbocycles. The fraction of sp³-hybridized carbons (Fsp3) is 0.286. The average Bonchev–Trinajstić information content (AvgIpc) is 3.13. The van der Waals surface area contributed by atoms with Gasteiger partial charge in [0.15, 0.2) is 0 Å². The van der Waals surface area contributed by atoms with Gasteiger partial charge in [0.05, 0.1) is 24.2 Å². The quantitative estimate of drug-likeness (QED) is 0.775. The number of benzene rings is 2. The fourth-order valence-corrected chi connectivity index (χ4v) is 3.95. The Labute approximate surface area is 174 Å². The SMILES string of the molecule is CCOc1ccc(C2CC3C(=O)N(Cc4ccc(Cl)cc4)C=CN3N2)cc1Cl.